The molecule has 0 radical (unpaired) electrons. The Bertz CT molecular complexity index is 664. The minimum Gasteiger partial charge on any atom is -0.463 e. The van der Waals surface area contributed by atoms with Crippen LogP contribution in [0.25, 0.3) is 0 Å². The molecule has 0 unspecified atom stereocenters. The fourth-order valence-electron chi connectivity index (χ4n) is 3.11. The van der Waals surface area contributed by atoms with Gasteiger partial charge in [-0.05, 0) is 19.8 Å². The van der Waals surface area contributed by atoms with Crippen molar-refractivity contribution in [2.45, 2.75) is 84.5 Å². The number of rotatable bonds is 11. The van der Waals surface area contributed by atoms with Crippen LogP contribution in [0.5, 0.6) is 0 Å². The van der Waals surface area contributed by atoms with E-state index in [1.165, 1.54) is 34.6 Å². The molecule has 31 heavy (non-hydrogen) atoms. The summed E-state index contributed by atoms with van der Waals surface area (Å²) in [5.74, 6) is -2.32. The van der Waals surface area contributed by atoms with Crippen molar-refractivity contribution >= 4 is 29.6 Å². The second-order valence-electron chi connectivity index (χ2n) is 7.25. The van der Waals surface area contributed by atoms with E-state index >= 15 is 0 Å². The minimum atomic E-state index is -1.16. The van der Waals surface area contributed by atoms with Crippen molar-refractivity contribution in [2.75, 3.05) is 13.2 Å². The molecule has 0 aromatic heterocycles. The fourth-order valence-corrected chi connectivity index (χ4v) is 3.11. The second-order valence-corrected chi connectivity index (χ2v) is 7.25. The van der Waals surface area contributed by atoms with E-state index in [0.29, 0.717) is 19.3 Å². The Hall–Kier alpha value is -2.53. The summed E-state index contributed by atoms with van der Waals surface area (Å²) >= 11 is 0. The number of carbonyl (C=O) groups is 5. The van der Waals surface area contributed by atoms with Gasteiger partial charge in [0, 0.05) is 40.7 Å². The third kappa shape index (κ3) is 9.88. The Labute approximate surface area is 181 Å². The lowest BCUT2D eigenvalue weighted by Crippen LogP contribution is -2.66. The van der Waals surface area contributed by atoms with Gasteiger partial charge in [-0.2, -0.15) is 0 Å². The number of ether oxygens (including phenoxy) is 5. The number of amides is 1. The molecule has 1 N–H and O–H groups in total. The summed E-state index contributed by atoms with van der Waals surface area (Å²) < 4.78 is 27.3. The summed E-state index contributed by atoms with van der Waals surface area (Å²) in [6, 6.07) is -0.993. The van der Waals surface area contributed by atoms with E-state index in [1.54, 1.807) is 0 Å². The highest BCUT2D eigenvalue weighted by molar-refractivity contribution is 5.75. The highest BCUT2D eigenvalue weighted by Gasteiger charge is 2.51. The van der Waals surface area contributed by atoms with Crippen LogP contribution in [0.15, 0.2) is 0 Å². The summed E-state index contributed by atoms with van der Waals surface area (Å²) in [6.45, 7) is 6.21. The van der Waals surface area contributed by atoms with Crippen LogP contribution in [0.4, 0.5) is 0 Å². The number of hydrogen-bond donors (Lipinski definition) is 1. The maximum atomic E-state index is 11.8. The van der Waals surface area contributed by atoms with Gasteiger partial charge < -0.3 is 33.8 Å². The van der Waals surface area contributed by atoms with Gasteiger partial charge in [0.1, 0.15) is 24.5 Å². The van der Waals surface area contributed by atoms with Crippen molar-refractivity contribution in [1.29, 1.82) is 0 Å². The quantitative estimate of drug-likeness (QED) is 0.270. The van der Waals surface area contributed by atoms with Crippen LogP contribution in [-0.2, 0) is 47.7 Å². The molecule has 0 bridgehead atoms. The average molecular weight is 445 g/mol. The first-order valence-electron chi connectivity index (χ1n) is 10.0. The predicted molar refractivity (Wildman–Crippen MR) is 104 cm³/mol. The van der Waals surface area contributed by atoms with E-state index in [1.807, 2.05) is 0 Å². The summed E-state index contributed by atoms with van der Waals surface area (Å²) in [4.78, 5) is 57.6. The van der Waals surface area contributed by atoms with Gasteiger partial charge >= 0.3 is 17.9 Å². The Kier molecular flexibility index (Phi) is 11.1. The molecule has 0 spiro atoms. The van der Waals surface area contributed by atoms with Crippen LogP contribution in [0.3, 0.4) is 0 Å². The van der Waals surface area contributed by atoms with Gasteiger partial charge in [-0.15, -0.1) is 0 Å². The third-order valence-electron chi connectivity index (χ3n) is 4.28. The zero-order chi connectivity index (χ0) is 23.6. The molecular formula is C20H31NO10. The van der Waals surface area contributed by atoms with Gasteiger partial charge in [0.15, 0.2) is 18.5 Å². The first kappa shape index (κ1) is 26.5. The van der Waals surface area contributed by atoms with Gasteiger partial charge in [0.25, 0.3) is 0 Å². The SMILES string of the molecule is CC(=O)CCCCO[C@@H]1O[C@H](COC(C)=O)[C@H](OC(C)=O)[C@H](OC(C)=O)[C@H]1NC(C)=O. The highest BCUT2D eigenvalue weighted by Crippen LogP contribution is 2.28. The Morgan fingerprint density at radius 2 is 1.45 bits per heavy atom. The molecule has 1 rings (SSSR count). The second kappa shape index (κ2) is 13.0. The largest absolute Gasteiger partial charge is 0.463 e. The number of carbonyl (C=O) groups excluding carboxylic acids is 5. The first-order chi connectivity index (χ1) is 14.5. The molecule has 11 heteroatoms. The molecule has 11 nitrogen and oxygen atoms in total. The van der Waals surface area contributed by atoms with E-state index in [9.17, 15) is 24.0 Å². The Morgan fingerprint density at radius 1 is 0.839 bits per heavy atom. The Balaban J connectivity index is 3.11. The fraction of sp³-hybridized carbons (Fsp3) is 0.750. The topological polar surface area (TPSA) is 144 Å². The van der Waals surface area contributed by atoms with Crippen LogP contribution in [0.2, 0.25) is 0 Å². The number of unbranched alkanes of at least 4 members (excludes halogenated alkanes) is 1. The molecule has 0 aromatic rings. The van der Waals surface area contributed by atoms with Crippen LogP contribution in [-0.4, -0.2) is 73.5 Å². The summed E-state index contributed by atoms with van der Waals surface area (Å²) in [7, 11) is 0. The highest BCUT2D eigenvalue weighted by atomic mass is 16.7. The third-order valence-corrected chi connectivity index (χ3v) is 4.28. The van der Waals surface area contributed by atoms with Crippen molar-refractivity contribution in [3.05, 3.63) is 0 Å². The van der Waals surface area contributed by atoms with Crippen molar-refractivity contribution in [2.24, 2.45) is 0 Å². The van der Waals surface area contributed by atoms with E-state index in [0.717, 1.165) is 0 Å². The molecule has 1 aliphatic heterocycles. The van der Waals surface area contributed by atoms with E-state index < -0.39 is 54.5 Å². The molecule has 0 aliphatic carbocycles. The van der Waals surface area contributed by atoms with Crippen LogP contribution in [0.1, 0.15) is 53.9 Å². The molecule has 0 saturated carbocycles. The summed E-state index contributed by atoms with van der Waals surface area (Å²) in [5.41, 5.74) is 0. The molecule has 1 aliphatic rings. The zero-order valence-corrected chi connectivity index (χ0v) is 18.5. The Morgan fingerprint density at radius 3 is 1.97 bits per heavy atom. The van der Waals surface area contributed by atoms with Gasteiger partial charge in [0.05, 0.1) is 0 Å². The number of nitrogens with one attached hydrogen (secondary N) is 1. The van der Waals surface area contributed by atoms with E-state index in [-0.39, 0.29) is 19.0 Å². The normalized spacial score (nSPS) is 25.3. The van der Waals surface area contributed by atoms with Crippen LogP contribution < -0.4 is 5.32 Å². The van der Waals surface area contributed by atoms with Gasteiger partial charge in [-0.25, -0.2) is 0 Å². The van der Waals surface area contributed by atoms with Crippen molar-refractivity contribution < 1.29 is 47.7 Å². The lowest BCUT2D eigenvalue weighted by Gasteiger charge is -2.44. The van der Waals surface area contributed by atoms with Crippen molar-refractivity contribution in [1.82, 2.24) is 5.32 Å². The molecule has 0 aromatic carbocycles. The van der Waals surface area contributed by atoms with Crippen LogP contribution >= 0.6 is 0 Å². The average Bonchev–Trinajstić information content (AvgIpc) is 2.62. The van der Waals surface area contributed by atoms with Gasteiger partial charge in [-0.3, -0.25) is 19.2 Å². The number of Topliss-reactive ketones (excluding diaryl/α,β-unsaturated/α-hetero) is 1. The standard InChI is InChI=1S/C20H31NO10/c1-11(22)8-6-7-9-27-20-17(21-12(2)23)19(30-15(5)26)18(29-14(4)25)16(31-20)10-28-13(3)24/h16-20H,6-10H2,1-5H3,(H,21,23)/t16-,17-,18+,19-,20-/m1/s1. The maximum Gasteiger partial charge on any atom is 0.303 e. The number of esters is 3. The van der Waals surface area contributed by atoms with E-state index in [4.69, 9.17) is 23.7 Å². The molecule has 176 valence electrons. The summed E-state index contributed by atoms with van der Waals surface area (Å²) in [6.07, 6.45) is -2.84. The molecule has 1 amide bonds. The number of ketones is 1. The smallest absolute Gasteiger partial charge is 0.303 e. The first-order valence-corrected chi connectivity index (χ1v) is 10.0. The van der Waals surface area contributed by atoms with Gasteiger partial charge in [0.2, 0.25) is 5.91 Å². The number of hydrogen-bond acceptors (Lipinski definition) is 10. The molecule has 1 heterocycles. The van der Waals surface area contributed by atoms with E-state index in [2.05, 4.69) is 5.32 Å². The van der Waals surface area contributed by atoms with Crippen LogP contribution in [0, 0.1) is 0 Å². The maximum absolute atomic E-state index is 11.8. The summed E-state index contributed by atoms with van der Waals surface area (Å²) in [5, 5.41) is 2.62. The van der Waals surface area contributed by atoms with Gasteiger partial charge in [-0.1, -0.05) is 0 Å². The molecule has 5 atom stereocenters. The molecule has 1 fully saturated rings. The monoisotopic (exact) mass is 445 g/mol. The lowest BCUT2D eigenvalue weighted by atomic mass is 9.96. The minimum absolute atomic E-state index is 0.0608. The zero-order valence-electron chi connectivity index (χ0n) is 18.5. The molecular weight excluding hydrogens is 414 g/mol. The van der Waals surface area contributed by atoms with Crippen molar-refractivity contribution in [3.8, 4) is 0 Å². The molecule has 1 saturated heterocycles. The lowest BCUT2D eigenvalue weighted by molar-refractivity contribution is -0.277. The van der Waals surface area contributed by atoms with Crippen molar-refractivity contribution in [3.63, 3.8) is 0 Å². The predicted octanol–water partition coefficient (Wildman–Crippen LogP) is 0.418.